The van der Waals surface area contributed by atoms with Crippen molar-refractivity contribution in [1.82, 2.24) is 9.55 Å². The number of esters is 1. The van der Waals surface area contributed by atoms with Crippen molar-refractivity contribution in [2.24, 2.45) is 5.92 Å². The molecule has 1 aliphatic rings. The number of carbonyl (C=O) groups excluding carboxylic acids is 1. The molecule has 2 atom stereocenters. The van der Waals surface area contributed by atoms with Gasteiger partial charge in [0.25, 0.3) is 5.56 Å². The summed E-state index contributed by atoms with van der Waals surface area (Å²) in [6.45, 7) is 0.110. The first-order valence-electron chi connectivity index (χ1n) is 8.41. The van der Waals surface area contributed by atoms with Gasteiger partial charge in [0.1, 0.15) is 6.10 Å². The molecular weight excluding hydrogens is 322 g/mol. The highest BCUT2D eigenvalue weighted by molar-refractivity contribution is 5.78. The van der Waals surface area contributed by atoms with Crippen LogP contribution < -0.4 is 11.2 Å². The summed E-state index contributed by atoms with van der Waals surface area (Å²) in [5, 5.41) is 9.54. The van der Waals surface area contributed by atoms with Gasteiger partial charge in [0, 0.05) is 6.54 Å². The molecular formula is C18H19N3O4. The van der Waals surface area contributed by atoms with E-state index in [1.807, 2.05) is 0 Å². The molecule has 7 heteroatoms. The second kappa shape index (κ2) is 7.34. The van der Waals surface area contributed by atoms with Crippen LogP contribution in [-0.4, -0.2) is 21.6 Å². The van der Waals surface area contributed by atoms with Gasteiger partial charge in [0.05, 0.1) is 29.3 Å². The maximum atomic E-state index is 12.1. The molecule has 1 N–H and O–H groups in total. The molecule has 0 saturated heterocycles. The summed E-state index contributed by atoms with van der Waals surface area (Å²) in [6.07, 6.45) is 3.01. The molecule has 1 fully saturated rings. The fourth-order valence-electron chi connectivity index (χ4n) is 3.28. The van der Waals surface area contributed by atoms with Gasteiger partial charge in [-0.25, -0.2) is 4.79 Å². The smallest absolute Gasteiger partial charge is 0.328 e. The van der Waals surface area contributed by atoms with Gasteiger partial charge in [-0.2, -0.15) is 5.26 Å². The van der Waals surface area contributed by atoms with Crippen LogP contribution in [0.1, 0.15) is 32.1 Å². The zero-order valence-corrected chi connectivity index (χ0v) is 13.7. The summed E-state index contributed by atoms with van der Waals surface area (Å²) < 4.78 is 6.81. The van der Waals surface area contributed by atoms with Gasteiger partial charge in [0.15, 0.2) is 0 Å². The third-order valence-corrected chi connectivity index (χ3v) is 4.60. The summed E-state index contributed by atoms with van der Waals surface area (Å²) in [7, 11) is 0. The Balaban J connectivity index is 1.73. The number of nitriles is 1. The molecule has 0 bridgehead atoms. The van der Waals surface area contributed by atoms with Crippen LogP contribution in [0, 0.1) is 17.2 Å². The number of H-pyrrole nitrogens is 1. The lowest BCUT2D eigenvalue weighted by Gasteiger charge is -2.26. The van der Waals surface area contributed by atoms with E-state index in [9.17, 15) is 14.4 Å². The van der Waals surface area contributed by atoms with Crippen molar-refractivity contribution in [1.29, 1.82) is 5.26 Å². The van der Waals surface area contributed by atoms with Gasteiger partial charge in [-0.1, -0.05) is 18.6 Å². The largest absolute Gasteiger partial charge is 0.461 e. The molecule has 0 unspecified atom stereocenters. The predicted octanol–water partition coefficient (Wildman–Crippen LogP) is 1.71. The average molecular weight is 341 g/mol. The number of hydrogen-bond acceptors (Lipinski definition) is 5. The van der Waals surface area contributed by atoms with E-state index in [1.165, 1.54) is 4.57 Å². The van der Waals surface area contributed by atoms with Gasteiger partial charge in [-0.15, -0.1) is 0 Å². The average Bonchev–Trinajstić information content (AvgIpc) is 2.62. The lowest BCUT2D eigenvalue weighted by atomic mass is 9.87. The van der Waals surface area contributed by atoms with Crippen LogP contribution in [0.2, 0.25) is 0 Å². The highest BCUT2D eigenvalue weighted by Crippen LogP contribution is 2.26. The number of nitrogens with zero attached hydrogens (tertiary/aromatic N) is 2. The topological polar surface area (TPSA) is 105 Å². The zero-order valence-electron chi connectivity index (χ0n) is 13.7. The SMILES string of the molecule is N#C[C@H]1CCCC[C@H]1OC(=O)CCn1c(=O)[nH]c(=O)c2ccccc21. The van der Waals surface area contributed by atoms with Crippen LogP contribution >= 0.6 is 0 Å². The number of fused-ring (bicyclic) bond motifs is 1. The van der Waals surface area contributed by atoms with E-state index in [2.05, 4.69) is 11.1 Å². The van der Waals surface area contributed by atoms with E-state index in [0.29, 0.717) is 17.3 Å². The molecule has 130 valence electrons. The molecule has 0 aliphatic heterocycles. The van der Waals surface area contributed by atoms with Crippen molar-refractivity contribution < 1.29 is 9.53 Å². The first kappa shape index (κ1) is 17.0. The van der Waals surface area contributed by atoms with Gasteiger partial charge < -0.3 is 4.74 Å². The molecule has 0 amide bonds. The quantitative estimate of drug-likeness (QED) is 0.852. The highest BCUT2D eigenvalue weighted by Gasteiger charge is 2.28. The number of nitrogens with one attached hydrogen (secondary N) is 1. The minimum Gasteiger partial charge on any atom is -0.461 e. The van der Waals surface area contributed by atoms with E-state index in [0.717, 1.165) is 19.3 Å². The standard InChI is InChI=1S/C18H19N3O4/c19-11-12-5-1-4-8-15(12)25-16(22)9-10-21-14-7-3-2-6-13(14)17(23)20-18(21)24/h2-3,6-7,12,15H,1,4-5,8-10H2,(H,20,23,24)/t12-,15-/m1/s1. The molecule has 25 heavy (non-hydrogen) atoms. The van der Waals surface area contributed by atoms with Crippen molar-refractivity contribution in [2.75, 3.05) is 0 Å². The van der Waals surface area contributed by atoms with Crippen LogP contribution in [0.5, 0.6) is 0 Å². The van der Waals surface area contributed by atoms with Gasteiger partial charge >= 0.3 is 11.7 Å². The Morgan fingerprint density at radius 1 is 1.28 bits per heavy atom. The monoisotopic (exact) mass is 341 g/mol. The molecule has 1 saturated carbocycles. The highest BCUT2D eigenvalue weighted by atomic mass is 16.5. The van der Waals surface area contributed by atoms with Crippen LogP contribution in [0.3, 0.4) is 0 Å². The molecule has 2 aromatic rings. The molecule has 7 nitrogen and oxygen atoms in total. The Bertz CT molecular complexity index is 938. The molecule has 0 radical (unpaired) electrons. The molecule has 1 aromatic heterocycles. The number of ether oxygens (including phenoxy) is 1. The molecule has 1 aromatic carbocycles. The summed E-state index contributed by atoms with van der Waals surface area (Å²) in [5.41, 5.74) is -0.515. The van der Waals surface area contributed by atoms with E-state index in [-0.39, 0.29) is 25.0 Å². The van der Waals surface area contributed by atoms with Crippen LogP contribution in [0.15, 0.2) is 33.9 Å². The molecule has 3 rings (SSSR count). The van der Waals surface area contributed by atoms with Crippen molar-refractivity contribution in [2.45, 2.75) is 44.8 Å². The van der Waals surface area contributed by atoms with Crippen molar-refractivity contribution in [3.05, 3.63) is 45.1 Å². The predicted molar refractivity (Wildman–Crippen MR) is 90.9 cm³/mol. The summed E-state index contributed by atoms with van der Waals surface area (Å²) >= 11 is 0. The normalized spacial score (nSPS) is 20.1. The van der Waals surface area contributed by atoms with E-state index in [4.69, 9.17) is 10.00 Å². The number of aryl methyl sites for hydroxylation is 1. The number of hydrogen-bond donors (Lipinski definition) is 1. The van der Waals surface area contributed by atoms with Crippen LogP contribution in [-0.2, 0) is 16.1 Å². The Hall–Kier alpha value is -2.88. The fourth-order valence-corrected chi connectivity index (χ4v) is 3.28. The van der Waals surface area contributed by atoms with Crippen LogP contribution in [0.4, 0.5) is 0 Å². The summed E-state index contributed by atoms with van der Waals surface area (Å²) in [6, 6.07) is 8.94. The third-order valence-electron chi connectivity index (χ3n) is 4.60. The second-order valence-electron chi connectivity index (χ2n) is 6.23. The Kier molecular flexibility index (Phi) is 4.98. The number of benzene rings is 1. The second-order valence-corrected chi connectivity index (χ2v) is 6.23. The molecule has 1 aliphatic carbocycles. The maximum absolute atomic E-state index is 12.1. The van der Waals surface area contributed by atoms with Crippen molar-refractivity contribution in [3.8, 4) is 6.07 Å². The number of para-hydroxylation sites is 1. The van der Waals surface area contributed by atoms with Crippen molar-refractivity contribution >= 4 is 16.9 Å². The lowest BCUT2D eigenvalue weighted by molar-refractivity contribution is -0.152. The fraction of sp³-hybridized carbons (Fsp3) is 0.444. The summed E-state index contributed by atoms with van der Waals surface area (Å²) in [5.74, 6) is -0.691. The molecule has 0 spiro atoms. The number of rotatable bonds is 4. The number of aromatic nitrogens is 2. The minimum atomic E-state index is -0.552. The van der Waals surface area contributed by atoms with E-state index >= 15 is 0 Å². The van der Waals surface area contributed by atoms with Gasteiger partial charge in [-0.05, 0) is 31.4 Å². The first-order chi connectivity index (χ1) is 12.1. The van der Waals surface area contributed by atoms with E-state index in [1.54, 1.807) is 24.3 Å². The Morgan fingerprint density at radius 3 is 2.84 bits per heavy atom. The third kappa shape index (κ3) is 3.63. The Morgan fingerprint density at radius 2 is 2.04 bits per heavy atom. The summed E-state index contributed by atoms with van der Waals surface area (Å²) in [4.78, 5) is 38.3. The van der Waals surface area contributed by atoms with Gasteiger partial charge in [-0.3, -0.25) is 19.1 Å². The number of aromatic amines is 1. The zero-order chi connectivity index (χ0) is 17.8. The van der Waals surface area contributed by atoms with Crippen molar-refractivity contribution in [3.63, 3.8) is 0 Å². The maximum Gasteiger partial charge on any atom is 0.328 e. The lowest BCUT2D eigenvalue weighted by Crippen LogP contribution is -2.32. The van der Waals surface area contributed by atoms with Crippen LogP contribution in [0.25, 0.3) is 10.9 Å². The first-order valence-corrected chi connectivity index (χ1v) is 8.41. The minimum absolute atomic E-state index is 0.00456. The van der Waals surface area contributed by atoms with E-state index < -0.39 is 17.2 Å². The number of carbonyl (C=O) groups is 1. The molecule has 1 heterocycles. The Labute approximate surface area is 143 Å². The van der Waals surface area contributed by atoms with Gasteiger partial charge in [0.2, 0.25) is 0 Å².